The molecule has 0 amide bonds. The highest BCUT2D eigenvalue weighted by Gasteiger charge is 2.13. The van der Waals surface area contributed by atoms with Crippen LogP contribution in [0.2, 0.25) is 0 Å². The van der Waals surface area contributed by atoms with E-state index in [1.807, 2.05) is 42.5 Å². The molecule has 18 heavy (non-hydrogen) atoms. The SMILES string of the molecule is Cc1nn(Cc2ccn(C)n2)c(C)c1CC(C)N. The van der Waals surface area contributed by atoms with Crippen LogP contribution in [0.15, 0.2) is 12.3 Å². The predicted octanol–water partition coefficient (Wildman–Crippen LogP) is 1.17. The van der Waals surface area contributed by atoms with Crippen LogP contribution in [0.5, 0.6) is 0 Å². The van der Waals surface area contributed by atoms with Gasteiger partial charge >= 0.3 is 0 Å². The van der Waals surface area contributed by atoms with E-state index in [1.54, 1.807) is 0 Å². The van der Waals surface area contributed by atoms with Gasteiger partial charge in [-0.15, -0.1) is 0 Å². The summed E-state index contributed by atoms with van der Waals surface area (Å²) in [5, 5.41) is 8.96. The monoisotopic (exact) mass is 247 g/mol. The van der Waals surface area contributed by atoms with Crippen molar-refractivity contribution in [3.05, 3.63) is 34.9 Å². The third-order valence-electron chi connectivity index (χ3n) is 3.14. The van der Waals surface area contributed by atoms with E-state index in [1.165, 1.54) is 11.3 Å². The van der Waals surface area contributed by atoms with Gasteiger partial charge in [0, 0.05) is 25.0 Å². The molecule has 2 aromatic heterocycles. The van der Waals surface area contributed by atoms with Gasteiger partial charge in [0.05, 0.1) is 17.9 Å². The van der Waals surface area contributed by atoms with Gasteiger partial charge in [-0.05, 0) is 38.8 Å². The first-order valence-electron chi connectivity index (χ1n) is 6.24. The van der Waals surface area contributed by atoms with Crippen LogP contribution in [0, 0.1) is 13.8 Å². The standard InChI is InChI=1S/C13H21N5/c1-9(14)7-13-10(2)15-18(11(13)3)8-12-5-6-17(4)16-12/h5-6,9H,7-8,14H2,1-4H3. The van der Waals surface area contributed by atoms with Gasteiger partial charge in [-0.1, -0.05) is 0 Å². The summed E-state index contributed by atoms with van der Waals surface area (Å²) >= 11 is 0. The summed E-state index contributed by atoms with van der Waals surface area (Å²) in [4.78, 5) is 0. The molecule has 98 valence electrons. The lowest BCUT2D eigenvalue weighted by atomic mass is 10.1. The minimum atomic E-state index is 0.162. The van der Waals surface area contributed by atoms with Gasteiger partial charge in [-0.2, -0.15) is 10.2 Å². The van der Waals surface area contributed by atoms with Crippen LogP contribution in [0.3, 0.4) is 0 Å². The van der Waals surface area contributed by atoms with Crippen LogP contribution in [-0.4, -0.2) is 25.6 Å². The third-order valence-corrected chi connectivity index (χ3v) is 3.14. The van der Waals surface area contributed by atoms with Gasteiger partial charge in [-0.25, -0.2) is 0 Å². The van der Waals surface area contributed by atoms with Crippen LogP contribution < -0.4 is 5.73 Å². The van der Waals surface area contributed by atoms with Crippen LogP contribution in [0.4, 0.5) is 0 Å². The molecule has 2 heterocycles. The molecule has 1 atom stereocenters. The molecule has 0 bridgehead atoms. The fraction of sp³-hybridized carbons (Fsp3) is 0.538. The molecule has 2 N–H and O–H groups in total. The highest BCUT2D eigenvalue weighted by molar-refractivity contribution is 5.26. The van der Waals surface area contributed by atoms with Crippen molar-refractivity contribution in [3.63, 3.8) is 0 Å². The van der Waals surface area contributed by atoms with E-state index in [0.717, 1.165) is 17.8 Å². The second-order valence-corrected chi connectivity index (χ2v) is 4.97. The molecule has 5 nitrogen and oxygen atoms in total. The van der Waals surface area contributed by atoms with Crippen LogP contribution in [0.25, 0.3) is 0 Å². The summed E-state index contributed by atoms with van der Waals surface area (Å²) in [6.45, 7) is 6.88. The van der Waals surface area contributed by atoms with E-state index in [4.69, 9.17) is 5.73 Å². The fourth-order valence-corrected chi connectivity index (χ4v) is 2.21. The first-order chi connectivity index (χ1) is 8.47. The molecule has 0 saturated heterocycles. The molecule has 0 saturated carbocycles. The number of hydrogen-bond donors (Lipinski definition) is 1. The molecule has 2 aromatic rings. The van der Waals surface area contributed by atoms with E-state index in [0.29, 0.717) is 6.54 Å². The summed E-state index contributed by atoms with van der Waals surface area (Å²) in [6.07, 6.45) is 2.82. The Bertz CT molecular complexity index is 536. The highest BCUT2D eigenvalue weighted by atomic mass is 15.3. The first kappa shape index (κ1) is 12.8. The zero-order valence-electron chi connectivity index (χ0n) is 11.5. The maximum atomic E-state index is 5.87. The first-order valence-corrected chi connectivity index (χ1v) is 6.24. The number of aryl methyl sites for hydroxylation is 2. The Morgan fingerprint density at radius 1 is 1.33 bits per heavy atom. The van der Waals surface area contributed by atoms with Gasteiger partial charge in [0.1, 0.15) is 0 Å². The molecule has 0 aliphatic heterocycles. The Morgan fingerprint density at radius 3 is 2.61 bits per heavy atom. The quantitative estimate of drug-likeness (QED) is 0.882. The Morgan fingerprint density at radius 2 is 2.06 bits per heavy atom. The van der Waals surface area contributed by atoms with Crippen LogP contribution in [0.1, 0.15) is 29.6 Å². The summed E-state index contributed by atoms with van der Waals surface area (Å²) in [5.41, 5.74) is 10.4. The van der Waals surface area contributed by atoms with Crippen molar-refractivity contribution in [2.75, 3.05) is 0 Å². The summed E-state index contributed by atoms with van der Waals surface area (Å²) in [7, 11) is 1.92. The number of nitrogens with two attached hydrogens (primary N) is 1. The van der Waals surface area contributed by atoms with Crippen molar-refractivity contribution in [2.45, 2.75) is 39.8 Å². The summed E-state index contributed by atoms with van der Waals surface area (Å²) in [5.74, 6) is 0. The molecule has 0 radical (unpaired) electrons. The molecule has 0 aliphatic rings. The fourth-order valence-electron chi connectivity index (χ4n) is 2.21. The van der Waals surface area contributed by atoms with Gasteiger partial charge < -0.3 is 5.73 Å². The molecular weight excluding hydrogens is 226 g/mol. The largest absolute Gasteiger partial charge is 0.328 e. The number of aromatic nitrogens is 4. The van der Waals surface area contributed by atoms with Crippen molar-refractivity contribution in [2.24, 2.45) is 12.8 Å². The van der Waals surface area contributed by atoms with E-state index in [-0.39, 0.29) is 6.04 Å². The lowest BCUT2D eigenvalue weighted by Gasteiger charge is -2.06. The maximum Gasteiger partial charge on any atom is 0.0853 e. The van der Waals surface area contributed by atoms with Gasteiger partial charge in [0.25, 0.3) is 0 Å². The summed E-state index contributed by atoms with van der Waals surface area (Å²) < 4.78 is 3.82. The Kier molecular flexibility index (Phi) is 3.52. The lowest BCUT2D eigenvalue weighted by molar-refractivity contribution is 0.628. The molecule has 1 unspecified atom stereocenters. The van der Waals surface area contributed by atoms with Gasteiger partial charge in [0.15, 0.2) is 0 Å². The van der Waals surface area contributed by atoms with E-state index < -0.39 is 0 Å². The van der Waals surface area contributed by atoms with E-state index >= 15 is 0 Å². The van der Waals surface area contributed by atoms with Crippen molar-refractivity contribution < 1.29 is 0 Å². The molecule has 0 aromatic carbocycles. The second-order valence-electron chi connectivity index (χ2n) is 4.97. The Hall–Kier alpha value is -1.62. The third kappa shape index (κ3) is 2.61. The van der Waals surface area contributed by atoms with Crippen molar-refractivity contribution in [1.29, 1.82) is 0 Å². The average Bonchev–Trinajstić information content (AvgIpc) is 2.78. The normalized spacial score (nSPS) is 12.9. The van der Waals surface area contributed by atoms with Crippen LogP contribution in [-0.2, 0) is 20.0 Å². The molecule has 0 spiro atoms. The van der Waals surface area contributed by atoms with Crippen molar-refractivity contribution in [1.82, 2.24) is 19.6 Å². The molecule has 2 rings (SSSR count). The molecule has 0 fully saturated rings. The molecular formula is C13H21N5. The zero-order valence-corrected chi connectivity index (χ0v) is 11.5. The number of hydrogen-bond acceptors (Lipinski definition) is 3. The zero-order chi connectivity index (χ0) is 13.3. The van der Waals surface area contributed by atoms with Crippen molar-refractivity contribution >= 4 is 0 Å². The van der Waals surface area contributed by atoms with Crippen LogP contribution >= 0.6 is 0 Å². The Balaban J connectivity index is 2.24. The van der Waals surface area contributed by atoms with E-state index in [2.05, 4.69) is 17.1 Å². The highest BCUT2D eigenvalue weighted by Crippen LogP contribution is 2.15. The van der Waals surface area contributed by atoms with Crippen molar-refractivity contribution in [3.8, 4) is 0 Å². The summed E-state index contributed by atoms with van der Waals surface area (Å²) in [6, 6.07) is 2.18. The predicted molar refractivity (Wildman–Crippen MR) is 71.4 cm³/mol. The topological polar surface area (TPSA) is 61.7 Å². The average molecular weight is 247 g/mol. The smallest absolute Gasteiger partial charge is 0.0853 e. The minimum absolute atomic E-state index is 0.162. The van der Waals surface area contributed by atoms with E-state index in [9.17, 15) is 0 Å². The Labute approximate surface area is 108 Å². The van der Waals surface area contributed by atoms with Gasteiger partial charge in [-0.3, -0.25) is 9.36 Å². The number of nitrogens with zero attached hydrogens (tertiary/aromatic N) is 4. The number of rotatable bonds is 4. The second kappa shape index (κ2) is 4.94. The van der Waals surface area contributed by atoms with Gasteiger partial charge in [0.2, 0.25) is 0 Å². The molecule has 5 heteroatoms. The lowest BCUT2D eigenvalue weighted by Crippen LogP contribution is -2.18. The maximum absolute atomic E-state index is 5.87. The minimum Gasteiger partial charge on any atom is -0.328 e. The molecule has 0 aliphatic carbocycles.